The highest BCUT2D eigenvalue weighted by Crippen LogP contribution is 2.43. The molecule has 1 fully saturated rings. The van der Waals surface area contributed by atoms with E-state index in [1.165, 1.54) is 0 Å². The average Bonchev–Trinajstić information content (AvgIpc) is 2.60. The molecule has 0 aromatic carbocycles. The van der Waals surface area contributed by atoms with Crippen LogP contribution in [0.5, 0.6) is 0 Å². The SMILES string of the molecule is Cc1nc(C2(O)CCOC2(C)C)cs1. The molecule has 0 bridgehead atoms. The van der Waals surface area contributed by atoms with Gasteiger partial charge < -0.3 is 9.84 Å². The Kier molecular flexibility index (Phi) is 2.17. The number of hydrogen-bond donors (Lipinski definition) is 1. The van der Waals surface area contributed by atoms with Crippen LogP contribution in [0.4, 0.5) is 0 Å². The van der Waals surface area contributed by atoms with E-state index in [-0.39, 0.29) is 0 Å². The Morgan fingerprint density at radius 3 is 2.71 bits per heavy atom. The molecular formula is C10H15NO2S. The van der Waals surface area contributed by atoms with Crippen LogP contribution in [0.2, 0.25) is 0 Å². The molecule has 4 heteroatoms. The van der Waals surface area contributed by atoms with Crippen molar-refractivity contribution in [3.05, 3.63) is 16.1 Å². The molecule has 1 atom stereocenters. The Hall–Kier alpha value is -0.450. The second kappa shape index (κ2) is 3.02. The Labute approximate surface area is 87.7 Å². The average molecular weight is 213 g/mol. The molecule has 1 saturated heterocycles. The Balaban J connectivity index is 2.41. The van der Waals surface area contributed by atoms with Gasteiger partial charge in [0, 0.05) is 11.8 Å². The number of rotatable bonds is 1. The third-order valence-corrected chi connectivity index (χ3v) is 3.74. The predicted molar refractivity (Wildman–Crippen MR) is 55.4 cm³/mol. The molecule has 2 heterocycles. The second-order valence-electron chi connectivity index (χ2n) is 4.22. The fourth-order valence-corrected chi connectivity index (χ4v) is 2.55. The van der Waals surface area contributed by atoms with Gasteiger partial charge in [-0.1, -0.05) is 0 Å². The maximum absolute atomic E-state index is 10.5. The number of ether oxygens (including phenoxy) is 1. The van der Waals surface area contributed by atoms with Crippen molar-refractivity contribution in [2.24, 2.45) is 0 Å². The van der Waals surface area contributed by atoms with Gasteiger partial charge in [0.05, 0.1) is 22.9 Å². The van der Waals surface area contributed by atoms with Gasteiger partial charge in [0.1, 0.15) is 5.60 Å². The molecule has 1 unspecified atom stereocenters. The van der Waals surface area contributed by atoms with Crippen LogP contribution >= 0.6 is 11.3 Å². The Morgan fingerprint density at radius 2 is 2.29 bits per heavy atom. The van der Waals surface area contributed by atoms with E-state index in [4.69, 9.17) is 4.74 Å². The fraction of sp³-hybridized carbons (Fsp3) is 0.700. The molecule has 0 saturated carbocycles. The molecule has 0 aliphatic carbocycles. The van der Waals surface area contributed by atoms with E-state index in [1.807, 2.05) is 26.2 Å². The van der Waals surface area contributed by atoms with Crippen molar-refractivity contribution in [1.82, 2.24) is 4.98 Å². The lowest BCUT2D eigenvalue weighted by atomic mass is 9.83. The predicted octanol–water partition coefficient (Wildman–Crippen LogP) is 1.84. The molecule has 0 radical (unpaired) electrons. The summed E-state index contributed by atoms with van der Waals surface area (Å²) in [6.07, 6.45) is 0.628. The topological polar surface area (TPSA) is 42.4 Å². The van der Waals surface area contributed by atoms with Crippen LogP contribution in [-0.2, 0) is 10.3 Å². The van der Waals surface area contributed by atoms with E-state index in [9.17, 15) is 5.11 Å². The summed E-state index contributed by atoms with van der Waals surface area (Å²) < 4.78 is 5.53. The molecule has 0 spiro atoms. The van der Waals surface area contributed by atoms with Crippen molar-refractivity contribution in [2.45, 2.75) is 38.4 Å². The zero-order chi connectivity index (χ0) is 10.4. The maximum Gasteiger partial charge on any atom is 0.138 e. The van der Waals surface area contributed by atoms with Crippen molar-refractivity contribution in [3.8, 4) is 0 Å². The van der Waals surface area contributed by atoms with Crippen molar-refractivity contribution in [3.63, 3.8) is 0 Å². The third-order valence-electron chi connectivity index (χ3n) is 2.97. The van der Waals surface area contributed by atoms with Crippen LogP contribution in [0.1, 0.15) is 31.0 Å². The summed E-state index contributed by atoms with van der Waals surface area (Å²) in [5.41, 5.74) is -0.701. The molecule has 2 rings (SSSR count). The highest BCUT2D eigenvalue weighted by atomic mass is 32.1. The van der Waals surface area contributed by atoms with Crippen molar-refractivity contribution in [2.75, 3.05) is 6.61 Å². The molecule has 1 aliphatic heterocycles. The van der Waals surface area contributed by atoms with Crippen molar-refractivity contribution < 1.29 is 9.84 Å². The first-order valence-corrected chi connectivity index (χ1v) is 5.63. The molecule has 78 valence electrons. The molecule has 1 aliphatic rings. The van der Waals surface area contributed by atoms with Gasteiger partial charge in [-0.05, 0) is 20.8 Å². The monoisotopic (exact) mass is 213 g/mol. The lowest BCUT2D eigenvalue weighted by Crippen LogP contribution is -2.43. The first-order chi connectivity index (χ1) is 6.46. The number of aliphatic hydroxyl groups is 1. The quantitative estimate of drug-likeness (QED) is 0.774. The van der Waals surface area contributed by atoms with E-state index >= 15 is 0 Å². The van der Waals surface area contributed by atoms with Crippen LogP contribution in [0, 0.1) is 6.92 Å². The van der Waals surface area contributed by atoms with Crippen LogP contribution in [0.15, 0.2) is 5.38 Å². The highest BCUT2D eigenvalue weighted by Gasteiger charge is 2.51. The van der Waals surface area contributed by atoms with Crippen LogP contribution < -0.4 is 0 Å². The molecule has 1 aromatic heterocycles. The summed E-state index contributed by atoms with van der Waals surface area (Å²) in [6, 6.07) is 0. The molecule has 1 N–H and O–H groups in total. The Bertz CT molecular complexity index is 348. The lowest BCUT2D eigenvalue weighted by Gasteiger charge is -2.33. The minimum atomic E-state index is -0.919. The summed E-state index contributed by atoms with van der Waals surface area (Å²) in [4.78, 5) is 4.35. The molecule has 0 amide bonds. The van der Waals surface area contributed by atoms with Crippen molar-refractivity contribution in [1.29, 1.82) is 0 Å². The number of thiazole rings is 1. The molecular weight excluding hydrogens is 198 g/mol. The van der Waals surface area contributed by atoms with E-state index in [2.05, 4.69) is 4.98 Å². The molecule has 14 heavy (non-hydrogen) atoms. The van der Waals surface area contributed by atoms with Gasteiger partial charge in [-0.2, -0.15) is 0 Å². The number of nitrogens with zero attached hydrogens (tertiary/aromatic N) is 1. The second-order valence-corrected chi connectivity index (χ2v) is 5.28. The molecule has 1 aromatic rings. The zero-order valence-corrected chi connectivity index (χ0v) is 9.52. The maximum atomic E-state index is 10.5. The summed E-state index contributed by atoms with van der Waals surface area (Å²) in [6.45, 7) is 6.36. The minimum Gasteiger partial charge on any atom is -0.380 e. The highest BCUT2D eigenvalue weighted by molar-refractivity contribution is 7.09. The van der Waals surface area contributed by atoms with Crippen LogP contribution in [0.3, 0.4) is 0 Å². The van der Waals surface area contributed by atoms with E-state index in [1.54, 1.807) is 11.3 Å². The van der Waals surface area contributed by atoms with E-state index < -0.39 is 11.2 Å². The number of aryl methyl sites for hydroxylation is 1. The van der Waals surface area contributed by atoms with Gasteiger partial charge in [-0.15, -0.1) is 11.3 Å². The lowest BCUT2D eigenvalue weighted by molar-refractivity contribution is -0.104. The van der Waals surface area contributed by atoms with Gasteiger partial charge in [-0.3, -0.25) is 0 Å². The fourth-order valence-electron chi connectivity index (χ4n) is 1.86. The van der Waals surface area contributed by atoms with Crippen LogP contribution in [-0.4, -0.2) is 22.3 Å². The van der Waals surface area contributed by atoms with E-state index in [0.717, 1.165) is 10.7 Å². The summed E-state index contributed by atoms with van der Waals surface area (Å²) in [5.74, 6) is 0. The zero-order valence-electron chi connectivity index (χ0n) is 8.70. The summed E-state index contributed by atoms with van der Waals surface area (Å²) in [5, 5.41) is 13.4. The summed E-state index contributed by atoms with van der Waals surface area (Å²) in [7, 11) is 0. The normalized spacial score (nSPS) is 30.9. The van der Waals surface area contributed by atoms with Gasteiger partial charge in [0.2, 0.25) is 0 Å². The Morgan fingerprint density at radius 1 is 1.57 bits per heavy atom. The number of hydrogen-bond acceptors (Lipinski definition) is 4. The summed E-state index contributed by atoms with van der Waals surface area (Å²) >= 11 is 1.56. The third kappa shape index (κ3) is 1.29. The standard InChI is InChI=1S/C10H15NO2S/c1-7-11-8(6-14-7)10(12)4-5-13-9(10,2)3/h6,12H,4-5H2,1-3H3. The van der Waals surface area contributed by atoms with E-state index in [0.29, 0.717) is 13.0 Å². The van der Waals surface area contributed by atoms with Gasteiger partial charge in [0.25, 0.3) is 0 Å². The first-order valence-electron chi connectivity index (χ1n) is 4.75. The van der Waals surface area contributed by atoms with Gasteiger partial charge in [-0.25, -0.2) is 4.98 Å². The van der Waals surface area contributed by atoms with Gasteiger partial charge in [0.15, 0.2) is 0 Å². The smallest absolute Gasteiger partial charge is 0.138 e. The number of aromatic nitrogens is 1. The molecule has 3 nitrogen and oxygen atoms in total. The van der Waals surface area contributed by atoms with Crippen LogP contribution in [0.25, 0.3) is 0 Å². The van der Waals surface area contributed by atoms with Gasteiger partial charge >= 0.3 is 0 Å². The first kappa shape index (κ1) is 10.1. The minimum absolute atomic E-state index is 0.534. The van der Waals surface area contributed by atoms with Crippen molar-refractivity contribution >= 4 is 11.3 Å². The largest absolute Gasteiger partial charge is 0.380 e.